The molecule has 2 rings (SSSR count). The zero-order chi connectivity index (χ0) is 17.6. The van der Waals surface area contributed by atoms with Gasteiger partial charge in [0.1, 0.15) is 0 Å². The van der Waals surface area contributed by atoms with E-state index in [0.29, 0.717) is 26.2 Å². The molecule has 0 spiro atoms. The van der Waals surface area contributed by atoms with Gasteiger partial charge in [-0.15, -0.1) is 11.3 Å². The van der Waals surface area contributed by atoms with Crippen molar-refractivity contribution in [2.75, 3.05) is 38.5 Å². The number of aliphatic imine (C=N–C) groups is 1. The molecule has 1 aliphatic rings. The number of guanidine groups is 1. The molecule has 24 heavy (non-hydrogen) atoms. The normalized spacial score (nSPS) is 18.7. The van der Waals surface area contributed by atoms with Crippen molar-refractivity contribution in [2.45, 2.75) is 32.6 Å². The molecule has 0 unspecified atom stereocenters. The fourth-order valence-corrected chi connectivity index (χ4v) is 4.97. The summed E-state index contributed by atoms with van der Waals surface area (Å²) in [5.41, 5.74) is -0.0190. The van der Waals surface area contributed by atoms with Gasteiger partial charge in [-0.25, -0.2) is 12.7 Å². The third-order valence-corrected chi connectivity index (χ3v) is 7.21. The summed E-state index contributed by atoms with van der Waals surface area (Å²) in [5.74, 6) is 1.01. The lowest BCUT2D eigenvalue weighted by molar-refractivity contribution is 0.444. The van der Waals surface area contributed by atoms with E-state index in [4.69, 9.17) is 0 Å². The monoisotopic (exact) mass is 372 g/mol. The van der Waals surface area contributed by atoms with Gasteiger partial charge < -0.3 is 10.6 Å². The van der Waals surface area contributed by atoms with E-state index in [0.717, 1.165) is 18.9 Å². The van der Waals surface area contributed by atoms with Crippen LogP contribution in [0, 0.1) is 0 Å². The molecule has 136 valence electrons. The number of thiophene rings is 1. The third kappa shape index (κ3) is 5.19. The van der Waals surface area contributed by atoms with Crippen molar-refractivity contribution < 1.29 is 8.42 Å². The van der Waals surface area contributed by atoms with Gasteiger partial charge in [-0.1, -0.05) is 19.9 Å². The second-order valence-corrected chi connectivity index (χ2v) is 9.59. The molecule has 1 aromatic rings. The average molecular weight is 373 g/mol. The summed E-state index contributed by atoms with van der Waals surface area (Å²) in [7, 11) is -3.03. The number of hydrogen-bond donors (Lipinski definition) is 2. The first-order chi connectivity index (χ1) is 11.3. The molecule has 0 bridgehead atoms. The Balaban J connectivity index is 1.89. The van der Waals surface area contributed by atoms with Crippen LogP contribution in [0.5, 0.6) is 0 Å². The summed E-state index contributed by atoms with van der Waals surface area (Å²) in [6.45, 7) is 9.50. The van der Waals surface area contributed by atoms with Crippen LogP contribution in [0.25, 0.3) is 0 Å². The first kappa shape index (κ1) is 19.2. The van der Waals surface area contributed by atoms with Gasteiger partial charge in [0, 0.05) is 36.5 Å². The van der Waals surface area contributed by atoms with Gasteiger partial charge in [-0.2, -0.15) is 0 Å². The number of hydrogen-bond acceptors (Lipinski definition) is 4. The minimum absolute atomic E-state index is 0.0190. The van der Waals surface area contributed by atoms with Crippen LogP contribution in [0.15, 0.2) is 22.5 Å². The first-order valence-electron chi connectivity index (χ1n) is 8.39. The maximum atomic E-state index is 11.8. The Morgan fingerprint density at radius 3 is 2.79 bits per heavy atom. The number of sulfonamides is 1. The van der Waals surface area contributed by atoms with Crippen LogP contribution >= 0.6 is 11.3 Å². The Morgan fingerprint density at radius 1 is 1.42 bits per heavy atom. The Bertz CT molecular complexity index is 639. The highest BCUT2D eigenvalue weighted by Gasteiger charge is 2.27. The van der Waals surface area contributed by atoms with Crippen LogP contribution in [0.3, 0.4) is 0 Å². The molecule has 6 nitrogen and oxygen atoms in total. The summed E-state index contributed by atoms with van der Waals surface area (Å²) >= 11 is 1.75. The quantitative estimate of drug-likeness (QED) is 0.563. The fraction of sp³-hybridized carbons (Fsp3) is 0.688. The molecule has 0 radical (unpaired) electrons. The zero-order valence-electron chi connectivity index (χ0n) is 14.7. The van der Waals surface area contributed by atoms with Crippen molar-refractivity contribution >= 4 is 27.3 Å². The standard InChI is InChI=1S/C16H28N4O2S2/c1-4-17-15(18-8-10-20-9-6-12-24(20,21)22)19-13-16(2,3)14-7-5-11-23-14/h5,7,11H,4,6,8-10,12-13H2,1-3H3,(H2,17,18,19). The van der Waals surface area contributed by atoms with Crippen molar-refractivity contribution in [1.82, 2.24) is 14.9 Å². The number of nitrogens with one attached hydrogen (secondary N) is 2. The molecule has 0 aliphatic carbocycles. The predicted molar refractivity (Wildman–Crippen MR) is 101 cm³/mol. The summed E-state index contributed by atoms with van der Waals surface area (Å²) < 4.78 is 25.2. The highest BCUT2D eigenvalue weighted by Crippen LogP contribution is 2.27. The van der Waals surface area contributed by atoms with Gasteiger partial charge in [0.15, 0.2) is 5.96 Å². The van der Waals surface area contributed by atoms with Crippen molar-refractivity contribution in [3.63, 3.8) is 0 Å². The molecular weight excluding hydrogens is 344 g/mol. The van der Waals surface area contributed by atoms with E-state index in [9.17, 15) is 8.42 Å². The van der Waals surface area contributed by atoms with Gasteiger partial charge in [0.05, 0.1) is 12.3 Å². The largest absolute Gasteiger partial charge is 0.357 e. The zero-order valence-corrected chi connectivity index (χ0v) is 16.3. The van der Waals surface area contributed by atoms with E-state index < -0.39 is 10.0 Å². The minimum atomic E-state index is -3.03. The molecular formula is C16H28N4O2S2. The molecule has 2 heterocycles. The topological polar surface area (TPSA) is 73.8 Å². The number of rotatable bonds is 7. The highest BCUT2D eigenvalue weighted by molar-refractivity contribution is 7.89. The second-order valence-electron chi connectivity index (χ2n) is 6.55. The van der Waals surface area contributed by atoms with Crippen LogP contribution in [0.2, 0.25) is 0 Å². The Morgan fingerprint density at radius 2 is 2.21 bits per heavy atom. The lowest BCUT2D eigenvalue weighted by atomic mass is 9.92. The SMILES string of the molecule is CCNC(=NCC(C)(C)c1cccs1)NCCN1CCCS1(=O)=O. The van der Waals surface area contributed by atoms with Crippen LogP contribution in [-0.2, 0) is 15.4 Å². The Kier molecular flexibility index (Phi) is 6.65. The van der Waals surface area contributed by atoms with Crippen LogP contribution in [-0.4, -0.2) is 57.2 Å². The summed E-state index contributed by atoms with van der Waals surface area (Å²) in [4.78, 5) is 5.99. The molecule has 0 amide bonds. The van der Waals surface area contributed by atoms with E-state index in [1.54, 1.807) is 15.6 Å². The van der Waals surface area contributed by atoms with Crippen molar-refractivity contribution in [2.24, 2.45) is 4.99 Å². The van der Waals surface area contributed by atoms with Gasteiger partial charge in [-0.05, 0) is 24.8 Å². The fourth-order valence-electron chi connectivity index (χ4n) is 2.60. The molecule has 1 saturated heterocycles. The molecule has 0 atom stereocenters. The molecule has 1 fully saturated rings. The molecule has 1 aromatic heterocycles. The van der Waals surface area contributed by atoms with Crippen molar-refractivity contribution in [1.29, 1.82) is 0 Å². The van der Waals surface area contributed by atoms with E-state index in [-0.39, 0.29) is 11.2 Å². The van der Waals surface area contributed by atoms with Gasteiger partial charge in [0.2, 0.25) is 10.0 Å². The van der Waals surface area contributed by atoms with Gasteiger partial charge in [0.25, 0.3) is 0 Å². The van der Waals surface area contributed by atoms with Crippen molar-refractivity contribution in [3.8, 4) is 0 Å². The maximum absolute atomic E-state index is 11.8. The molecule has 8 heteroatoms. The van der Waals surface area contributed by atoms with E-state index >= 15 is 0 Å². The van der Waals surface area contributed by atoms with Gasteiger partial charge >= 0.3 is 0 Å². The van der Waals surface area contributed by atoms with Crippen molar-refractivity contribution in [3.05, 3.63) is 22.4 Å². The minimum Gasteiger partial charge on any atom is -0.357 e. The molecule has 1 aliphatic heterocycles. The molecule has 2 N–H and O–H groups in total. The van der Waals surface area contributed by atoms with E-state index in [1.807, 2.05) is 6.92 Å². The summed E-state index contributed by atoms with van der Waals surface area (Å²) in [6.07, 6.45) is 0.728. The lowest BCUT2D eigenvalue weighted by Crippen LogP contribution is -2.42. The van der Waals surface area contributed by atoms with Crippen LogP contribution in [0.1, 0.15) is 32.1 Å². The van der Waals surface area contributed by atoms with Gasteiger partial charge in [-0.3, -0.25) is 4.99 Å². The van der Waals surface area contributed by atoms with Crippen LogP contribution < -0.4 is 10.6 Å². The Hall–Kier alpha value is -1.12. The molecule has 0 aromatic carbocycles. The summed E-state index contributed by atoms with van der Waals surface area (Å²) in [6, 6.07) is 4.20. The second kappa shape index (κ2) is 8.31. The number of nitrogens with zero attached hydrogens (tertiary/aromatic N) is 2. The maximum Gasteiger partial charge on any atom is 0.214 e. The highest BCUT2D eigenvalue weighted by atomic mass is 32.2. The van der Waals surface area contributed by atoms with E-state index in [2.05, 4.69) is 47.0 Å². The summed E-state index contributed by atoms with van der Waals surface area (Å²) in [5, 5.41) is 8.54. The predicted octanol–water partition coefficient (Wildman–Crippen LogP) is 1.62. The molecule has 0 saturated carbocycles. The first-order valence-corrected chi connectivity index (χ1v) is 10.9. The lowest BCUT2D eigenvalue weighted by Gasteiger charge is -2.22. The Labute approximate surface area is 149 Å². The smallest absolute Gasteiger partial charge is 0.214 e. The third-order valence-electron chi connectivity index (χ3n) is 4.02. The van der Waals surface area contributed by atoms with Crippen LogP contribution in [0.4, 0.5) is 0 Å². The van der Waals surface area contributed by atoms with E-state index in [1.165, 1.54) is 4.88 Å². The average Bonchev–Trinajstić information content (AvgIpc) is 3.15.